The van der Waals surface area contributed by atoms with Crippen LogP contribution in [0.4, 0.5) is 13.2 Å². The summed E-state index contributed by atoms with van der Waals surface area (Å²) < 4.78 is 36.1. The summed E-state index contributed by atoms with van der Waals surface area (Å²) in [7, 11) is 0. The summed E-state index contributed by atoms with van der Waals surface area (Å²) in [5.74, 6) is -1.56. The predicted octanol–water partition coefficient (Wildman–Crippen LogP) is 2.44. The van der Waals surface area contributed by atoms with Gasteiger partial charge >= 0.3 is 0 Å². The molecule has 0 radical (unpaired) electrons. The molecule has 0 fully saturated rings. The fourth-order valence-electron chi connectivity index (χ4n) is 0.675. The Morgan fingerprint density at radius 3 is 2.56 bits per heavy atom. The van der Waals surface area contributed by atoms with E-state index in [-0.39, 0.29) is 6.42 Å². The minimum Gasteiger partial charge on any atom is -0.242 e. The third kappa shape index (κ3) is 1.59. The lowest BCUT2D eigenvalue weighted by Gasteiger charge is -2.04. The van der Waals surface area contributed by atoms with Gasteiger partial charge in [0.05, 0.1) is 0 Å². The van der Waals surface area contributed by atoms with Gasteiger partial charge in [0.1, 0.15) is 17.8 Å². The van der Waals surface area contributed by atoms with Crippen molar-refractivity contribution in [1.29, 1.82) is 0 Å². The van der Waals surface area contributed by atoms with Crippen molar-refractivity contribution < 1.29 is 13.2 Å². The highest BCUT2D eigenvalue weighted by Crippen LogP contribution is 2.20. The molecule has 1 rings (SSSR count). The van der Waals surface area contributed by atoms with Crippen LogP contribution in [-0.2, 0) is 0 Å². The third-order valence-electron chi connectivity index (χ3n) is 1.02. The van der Waals surface area contributed by atoms with E-state index in [4.69, 9.17) is 0 Å². The van der Waals surface area contributed by atoms with Gasteiger partial charge in [-0.2, -0.15) is 0 Å². The molecular weight excluding hydrogens is 129 g/mol. The summed E-state index contributed by atoms with van der Waals surface area (Å²) in [4.78, 5) is 0. The van der Waals surface area contributed by atoms with Crippen LogP contribution >= 0.6 is 0 Å². The Morgan fingerprint density at radius 2 is 2.11 bits per heavy atom. The first kappa shape index (κ1) is 6.39. The number of alkyl halides is 1. The topological polar surface area (TPSA) is 0 Å². The maximum absolute atomic E-state index is 12.1. The lowest BCUT2D eigenvalue weighted by atomic mass is 10.1. The maximum atomic E-state index is 12.1. The summed E-state index contributed by atoms with van der Waals surface area (Å²) in [6, 6.07) is 0. The Labute approximate surface area is 50.7 Å². The van der Waals surface area contributed by atoms with Gasteiger partial charge < -0.3 is 0 Å². The highest BCUT2D eigenvalue weighted by Gasteiger charge is 2.13. The number of hydrogen-bond donors (Lipinski definition) is 0. The quantitative estimate of drug-likeness (QED) is 0.477. The highest BCUT2D eigenvalue weighted by atomic mass is 19.2. The SMILES string of the molecule is FC1=C[C@H](F)CC(F)=C1. The summed E-state index contributed by atoms with van der Waals surface area (Å²) in [5, 5.41) is 0. The van der Waals surface area contributed by atoms with Gasteiger partial charge in [-0.05, 0) is 6.08 Å². The van der Waals surface area contributed by atoms with Crippen molar-refractivity contribution in [2.45, 2.75) is 12.6 Å². The Morgan fingerprint density at radius 1 is 1.44 bits per heavy atom. The van der Waals surface area contributed by atoms with Crippen molar-refractivity contribution in [1.82, 2.24) is 0 Å². The third-order valence-corrected chi connectivity index (χ3v) is 1.02. The van der Waals surface area contributed by atoms with Gasteiger partial charge in [0.25, 0.3) is 0 Å². The summed E-state index contributed by atoms with van der Waals surface area (Å²) in [5.41, 5.74) is 0. The largest absolute Gasteiger partial charge is 0.242 e. The van der Waals surface area contributed by atoms with E-state index in [1.807, 2.05) is 0 Å². The molecule has 9 heavy (non-hydrogen) atoms. The molecule has 50 valence electrons. The van der Waals surface area contributed by atoms with E-state index in [9.17, 15) is 13.2 Å². The Bertz CT molecular complexity index is 169. The molecule has 0 bridgehead atoms. The lowest BCUT2D eigenvalue weighted by Crippen LogP contribution is -2.00. The van der Waals surface area contributed by atoms with Crippen LogP contribution in [0.2, 0.25) is 0 Å². The summed E-state index contributed by atoms with van der Waals surface area (Å²) >= 11 is 0. The van der Waals surface area contributed by atoms with Crippen LogP contribution in [0.15, 0.2) is 23.8 Å². The molecule has 0 spiro atoms. The van der Waals surface area contributed by atoms with Crippen molar-refractivity contribution in [3.8, 4) is 0 Å². The van der Waals surface area contributed by atoms with Crippen LogP contribution < -0.4 is 0 Å². The fraction of sp³-hybridized carbons (Fsp3) is 0.333. The van der Waals surface area contributed by atoms with Crippen LogP contribution in [0.3, 0.4) is 0 Å². The molecule has 1 atom stereocenters. The van der Waals surface area contributed by atoms with Crippen LogP contribution in [0.25, 0.3) is 0 Å². The van der Waals surface area contributed by atoms with Crippen molar-refractivity contribution in [2.24, 2.45) is 0 Å². The molecule has 0 saturated heterocycles. The van der Waals surface area contributed by atoms with E-state index in [0.29, 0.717) is 6.08 Å². The second kappa shape index (κ2) is 2.25. The van der Waals surface area contributed by atoms with Crippen molar-refractivity contribution in [2.75, 3.05) is 0 Å². The van der Waals surface area contributed by atoms with Gasteiger partial charge in [0.2, 0.25) is 0 Å². The van der Waals surface area contributed by atoms with Crippen LogP contribution in [-0.4, -0.2) is 6.17 Å². The van der Waals surface area contributed by atoms with Gasteiger partial charge in [-0.15, -0.1) is 0 Å². The molecule has 0 N–H and O–H groups in total. The second-order valence-corrected chi connectivity index (χ2v) is 1.86. The summed E-state index contributed by atoms with van der Waals surface area (Å²) in [6.07, 6.45) is -0.373. The standard InChI is InChI=1S/C6H5F3/c7-4-1-5(8)3-6(9)2-4/h1-2,5H,3H2/t5-/m0/s1. The number of allylic oxidation sites excluding steroid dienone is 4. The van der Waals surface area contributed by atoms with E-state index >= 15 is 0 Å². The monoisotopic (exact) mass is 134 g/mol. The van der Waals surface area contributed by atoms with Crippen molar-refractivity contribution in [3.63, 3.8) is 0 Å². The summed E-state index contributed by atoms with van der Waals surface area (Å²) in [6.45, 7) is 0. The lowest BCUT2D eigenvalue weighted by molar-refractivity contribution is 0.359. The van der Waals surface area contributed by atoms with Gasteiger partial charge in [0.15, 0.2) is 0 Å². The normalized spacial score (nSPS) is 27.2. The second-order valence-electron chi connectivity index (χ2n) is 1.86. The molecule has 0 heterocycles. The van der Waals surface area contributed by atoms with Gasteiger partial charge in [-0.3, -0.25) is 0 Å². The van der Waals surface area contributed by atoms with Crippen LogP contribution in [0, 0.1) is 0 Å². The fourth-order valence-corrected chi connectivity index (χ4v) is 0.675. The number of halogens is 3. The zero-order valence-corrected chi connectivity index (χ0v) is 4.57. The Kier molecular flexibility index (Phi) is 1.60. The average molecular weight is 134 g/mol. The molecule has 0 nitrogen and oxygen atoms in total. The molecule has 0 unspecified atom stereocenters. The van der Waals surface area contributed by atoms with Gasteiger partial charge in [-0.1, -0.05) is 0 Å². The van der Waals surface area contributed by atoms with E-state index < -0.39 is 17.8 Å². The Hall–Kier alpha value is -0.730. The first-order valence-corrected chi connectivity index (χ1v) is 2.56. The van der Waals surface area contributed by atoms with E-state index in [0.717, 1.165) is 6.08 Å². The zero-order chi connectivity index (χ0) is 6.85. The first-order chi connectivity index (χ1) is 4.18. The van der Waals surface area contributed by atoms with Crippen molar-refractivity contribution in [3.05, 3.63) is 23.8 Å². The molecular formula is C6H5F3. The molecule has 3 heteroatoms. The molecule has 1 aliphatic carbocycles. The zero-order valence-electron chi connectivity index (χ0n) is 4.57. The Balaban J connectivity index is 2.74. The molecule has 1 aliphatic rings. The highest BCUT2D eigenvalue weighted by molar-refractivity contribution is 5.21. The predicted molar refractivity (Wildman–Crippen MR) is 27.9 cm³/mol. The number of hydrogen-bond acceptors (Lipinski definition) is 0. The van der Waals surface area contributed by atoms with Crippen LogP contribution in [0.1, 0.15) is 6.42 Å². The molecule has 0 aromatic rings. The van der Waals surface area contributed by atoms with Gasteiger partial charge in [0, 0.05) is 12.5 Å². The maximum Gasteiger partial charge on any atom is 0.128 e. The minimum atomic E-state index is -1.49. The van der Waals surface area contributed by atoms with E-state index in [1.54, 1.807) is 0 Å². The van der Waals surface area contributed by atoms with Crippen molar-refractivity contribution >= 4 is 0 Å². The van der Waals surface area contributed by atoms with Gasteiger partial charge in [-0.25, -0.2) is 13.2 Å². The smallest absolute Gasteiger partial charge is 0.128 e. The molecule has 0 aromatic carbocycles. The number of rotatable bonds is 0. The molecule has 0 amide bonds. The molecule has 0 aromatic heterocycles. The minimum absolute atomic E-state index is 0.326. The van der Waals surface area contributed by atoms with E-state index in [1.165, 1.54) is 0 Å². The molecule has 0 aliphatic heterocycles. The van der Waals surface area contributed by atoms with Crippen LogP contribution in [0.5, 0.6) is 0 Å². The average Bonchev–Trinajstić information content (AvgIpc) is 1.59. The first-order valence-electron chi connectivity index (χ1n) is 2.56. The van der Waals surface area contributed by atoms with E-state index in [2.05, 4.69) is 0 Å². The molecule has 0 saturated carbocycles.